The molecule has 0 fully saturated rings. The molecule has 50 valence electrons. The minimum absolute atomic E-state index is 0.0579. The van der Waals surface area contributed by atoms with Gasteiger partial charge in [-0.15, -0.1) is 0 Å². The van der Waals surface area contributed by atoms with Gasteiger partial charge < -0.3 is 5.11 Å². The molecule has 0 bridgehead atoms. The fraction of sp³-hybridized carbons (Fsp3) is 0.667. The van der Waals surface area contributed by atoms with E-state index in [0.29, 0.717) is 0 Å². The summed E-state index contributed by atoms with van der Waals surface area (Å²) in [5.41, 5.74) is -0.894. The fourth-order valence-corrected chi connectivity index (χ4v) is 0.273. The highest BCUT2D eigenvalue weighted by Crippen LogP contribution is 2.18. The van der Waals surface area contributed by atoms with Crippen molar-refractivity contribution in [3.63, 3.8) is 0 Å². The maximum atomic E-state index is 10.3. The Labute approximate surface area is 53.9 Å². The van der Waals surface area contributed by atoms with Crippen LogP contribution in [-0.2, 0) is 4.79 Å². The summed E-state index contributed by atoms with van der Waals surface area (Å²) >= 11 is 0. The second-order valence-corrected chi connectivity index (χ2v) is 2.52. The standard InChI is InChI=1S/C6H9NO2/c1-6(2,3-4-7)5(8)9/h3H2,1-2H3,(H,8,9). The number of hydrogen-bond acceptors (Lipinski definition) is 2. The SMILES string of the molecule is CC(C)(CC#N)C(=O)O. The van der Waals surface area contributed by atoms with Crippen molar-refractivity contribution in [2.45, 2.75) is 20.3 Å². The highest BCUT2D eigenvalue weighted by Gasteiger charge is 2.26. The molecule has 0 heterocycles. The number of carbonyl (C=O) groups is 1. The summed E-state index contributed by atoms with van der Waals surface area (Å²) in [4.78, 5) is 10.3. The van der Waals surface area contributed by atoms with Gasteiger partial charge in [0, 0.05) is 0 Å². The second kappa shape index (κ2) is 2.49. The Morgan fingerprint density at radius 2 is 2.22 bits per heavy atom. The molecule has 0 aliphatic carbocycles. The van der Waals surface area contributed by atoms with Crippen LogP contribution in [0, 0.1) is 16.7 Å². The van der Waals surface area contributed by atoms with Gasteiger partial charge in [0.05, 0.1) is 17.9 Å². The van der Waals surface area contributed by atoms with E-state index in [4.69, 9.17) is 10.4 Å². The van der Waals surface area contributed by atoms with Crippen molar-refractivity contribution in [1.82, 2.24) is 0 Å². The van der Waals surface area contributed by atoms with E-state index in [-0.39, 0.29) is 6.42 Å². The van der Waals surface area contributed by atoms with Crippen LogP contribution in [0.5, 0.6) is 0 Å². The lowest BCUT2D eigenvalue weighted by molar-refractivity contribution is -0.146. The van der Waals surface area contributed by atoms with Crippen molar-refractivity contribution >= 4 is 5.97 Å². The van der Waals surface area contributed by atoms with E-state index in [9.17, 15) is 4.79 Å². The molecule has 0 radical (unpaired) electrons. The summed E-state index contributed by atoms with van der Waals surface area (Å²) in [6.07, 6.45) is 0.0579. The maximum Gasteiger partial charge on any atom is 0.310 e. The van der Waals surface area contributed by atoms with Crippen LogP contribution in [0.25, 0.3) is 0 Å². The lowest BCUT2D eigenvalue weighted by Gasteiger charge is -2.12. The minimum Gasteiger partial charge on any atom is -0.481 e. The van der Waals surface area contributed by atoms with Crippen LogP contribution in [0.4, 0.5) is 0 Å². The van der Waals surface area contributed by atoms with Gasteiger partial charge in [-0.2, -0.15) is 5.26 Å². The monoisotopic (exact) mass is 127 g/mol. The average molecular weight is 127 g/mol. The fourth-order valence-electron chi connectivity index (χ4n) is 0.273. The topological polar surface area (TPSA) is 61.1 Å². The summed E-state index contributed by atoms with van der Waals surface area (Å²) in [6, 6.07) is 1.81. The van der Waals surface area contributed by atoms with Gasteiger partial charge in [0.15, 0.2) is 0 Å². The lowest BCUT2D eigenvalue weighted by Crippen LogP contribution is -2.22. The van der Waals surface area contributed by atoms with Gasteiger partial charge in [0.2, 0.25) is 0 Å². The highest BCUT2D eigenvalue weighted by atomic mass is 16.4. The Kier molecular flexibility index (Phi) is 2.20. The molecule has 0 aliphatic rings. The molecule has 0 aromatic heterocycles. The molecule has 0 saturated heterocycles. The van der Waals surface area contributed by atoms with Crippen LogP contribution < -0.4 is 0 Å². The molecule has 0 saturated carbocycles. The molecule has 0 spiro atoms. The van der Waals surface area contributed by atoms with Crippen molar-refractivity contribution in [3.05, 3.63) is 0 Å². The van der Waals surface area contributed by atoms with Gasteiger partial charge in [-0.25, -0.2) is 0 Å². The number of carboxylic acids is 1. The Morgan fingerprint density at radius 1 is 1.78 bits per heavy atom. The smallest absolute Gasteiger partial charge is 0.310 e. The van der Waals surface area contributed by atoms with E-state index in [1.54, 1.807) is 0 Å². The zero-order valence-corrected chi connectivity index (χ0v) is 5.51. The molecule has 0 aromatic carbocycles. The normalized spacial score (nSPS) is 10.3. The van der Waals surface area contributed by atoms with Gasteiger partial charge in [0.1, 0.15) is 0 Å². The van der Waals surface area contributed by atoms with Gasteiger partial charge in [-0.1, -0.05) is 0 Å². The molecule has 3 heteroatoms. The van der Waals surface area contributed by atoms with E-state index in [1.807, 2.05) is 6.07 Å². The number of aliphatic carboxylic acids is 1. The lowest BCUT2D eigenvalue weighted by atomic mass is 9.91. The third kappa shape index (κ3) is 2.13. The first-order chi connectivity index (χ1) is 4.00. The number of nitrogens with zero attached hydrogens (tertiary/aromatic N) is 1. The molecule has 0 rings (SSSR count). The first-order valence-electron chi connectivity index (χ1n) is 2.61. The largest absolute Gasteiger partial charge is 0.481 e. The van der Waals surface area contributed by atoms with Crippen LogP contribution in [0.2, 0.25) is 0 Å². The second-order valence-electron chi connectivity index (χ2n) is 2.52. The predicted molar refractivity (Wildman–Crippen MR) is 31.6 cm³/mol. The maximum absolute atomic E-state index is 10.3. The third-order valence-electron chi connectivity index (χ3n) is 1.10. The van der Waals surface area contributed by atoms with Crippen molar-refractivity contribution in [2.24, 2.45) is 5.41 Å². The van der Waals surface area contributed by atoms with E-state index < -0.39 is 11.4 Å². The Hall–Kier alpha value is -1.04. The van der Waals surface area contributed by atoms with Crippen LogP contribution in [0.3, 0.4) is 0 Å². The predicted octanol–water partition coefficient (Wildman–Crippen LogP) is 1.01. The molecular formula is C6H9NO2. The van der Waals surface area contributed by atoms with Gasteiger partial charge in [-0.3, -0.25) is 4.79 Å². The van der Waals surface area contributed by atoms with Gasteiger partial charge in [-0.05, 0) is 13.8 Å². The molecule has 1 N–H and O–H groups in total. The molecule has 0 unspecified atom stereocenters. The van der Waals surface area contributed by atoms with Crippen molar-refractivity contribution in [1.29, 1.82) is 5.26 Å². The zero-order chi connectivity index (χ0) is 7.49. The van der Waals surface area contributed by atoms with Crippen molar-refractivity contribution in [3.8, 4) is 6.07 Å². The summed E-state index contributed by atoms with van der Waals surface area (Å²) in [7, 11) is 0. The van der Waals surface area contributed by atoms with Crippen LogP contribution >= 0.6 is 0 Å². The van der Waals surface area contributed by atoms with Crippen molar-refractivity contribution in [2.75, 3.05) is 0 Å². The molecular weight excluding hydrogens is 118 g/mol. The van der Waals surface area contributed by atoms with Gasteiger partial charge in [0.25, 0.3) is 0 Å². The Morgan fingerprint density at radius 3 is 2.33 bits per heavy atom. The van der Waals surface area contributed by atoms with Crippen LogP contribution in [0.1, 0.15) is 20.3 Å². The zero-order valence-electron chi connectivity index (χ0n) is 5.51. The molecule has 0 aliphatic heterocycles. The van der Waals surface area contributed by atoms with Crippen LogP contribution in [-0.4, -0.2) is 11.1 Å². The first-order valence-corrected chi connectivity index (χ1v) is 2.61. The Bertz CT molecular complexity index is 155. The number of rotatable bonds is 2. The van der Waals surface area contributed by atoms with E-state index in [1.165, 1.54) is 13.8 Å². The number of nitriles is 1. The Balaban J connectivity index is 4.06. The summed E-state index contributed by atoms with van der Waals surface area (Å²) in [6.45, 7) is 3.05. The summed E-state index contributed by atoms with van der Waals surface area (Å²) < 4.78 is 0. The summed E-state index contributed by atoms with van der Waals surface area (Å²) in [5.74, 6) is -0.927. The quantitative estimate of drug-likeness (QED) is 0.602. The minimum atomic E-state index is -0.927. The highest BCUT2D eigenvalue weighted by molar-refractivity contribution is 5.73. The third-order valence-corrected chi connectivity index (χ3v) is 1.10. The van der Waals surface area contributed by atoms with Gasteiger partial charge >= 0.3 is 5.97 Å². The molecule has 0 aromatic rings. The molecule has 0 amide bonds. The van der Waals surface area contributed by atoms with E-state index in [2.05, 4.69) is 0 Å². The van der Waals surface area contributed by atoms with Crippen molar-refractivity contribution < 1.29 is 9.90 Å². The van der Waals surface area contributed by atoms with E-state index in [0.717, 1.165) is 0 Å². The average Bonchev–Trinajstić information content (AvgIpc) is 1.65. The molecule has 0 atom stereocenters. The first kappa shape index (κ1) is 7.96. The van der Waals surface area contributed by atoms with E-state index >= 15 is 0 Å². The molecule has 3 nitrogen and oxygen atoms in total. The number of hydrogen-bond donors (Lipinski definition) is 1. The van der Waals surface area contributed by atoms with Crippen LogP contribution in [0.15, 0.2) is 0 Å². The summed E-state index contributed by atoms with van der Waals surface area (Å²) in [5, 5.41) is 16.6. The molecule has 9 heavy (non-hydrogen) atoms. The number of carboxylic acid groups (broad SMARTS) is 1.